The fraction of sp³-hybridized carbons (Fsp3) is 0.188. The summed E-state index contributed by atoms with van der Waals surface area (Å²) >= 11 is 0. The number of imidazole rings is 1. The first-order chi connectivity index (χ1) is 9.79. The Hall–Kier alpha value is -2.33. The summed E-state index contributed by atoms with van der Waals surface area (Å²) in [4.78, 5) is 4.71. The van der Waals surface area contributed by atoms with E-state index < -0.39 is 0 Å². The Bertz CT molecular complexity index is 716. The molecule has 102 valence electrons. The van der Waals surface area contributed by atoms with Gasteiger partial charge in [0.1, 0.15) is 5.82 Å². The Balaban J connectivity index is 2.15. The van der Waals surface area contributed by atoms with E-state index in [0.717, 1.165) is 34.7 Å². The van der Waals surface area contributed by atoms with Crippen LogP contribution in [0.3, 0.4) is 0 Å². The smallest absolute Gasteiger partial charge is 0.141 e. The number of aliphatic hydroxyl groups is 1. The first kappa shape index (κ1) is 12.7. The lowest BCUT2D eigenvalue weighted by atomic mass is 10.2. The van der Waals surface area contributed by atoms with Crippen LogP contribution in [0.4, 0.5) is 5.69 Å². The predicted molar refractivity (Wildman–Crippen MR) is 81.3 cm³/mol. The Morgan fingerprint density at radius 3 is 2.55 bits per heavy atom. The molecule has 4 nitrogen and oxygen atoms in total. The molecule has 3 aromatic rings. The van der Waals surface area contributed by atoms with Crippen LogP contribution < -0.4 is 5.73 Å². The second kappa shape index (κ2) is 5.35. The van der Waals surface area contributed by atoms with Gasteiger partial charge in [-0.3, -0.25) is 0 Å². The van der Waals surface area contributed by atoms with Gasteiger partial charge in [-0.05, 0) is 42.8 Å². The monoisotopic (exact) mass is 267 g/mol. The molecule has 3 rings (SSSR count). The zero-order valence-corrected chi connectivity index (χ0v) is 11.2. The van der Waals surface area contributed by atoms with Gasteiger partial charge in [0.2, 0.25) is 0 Å². The van der Waals surface area contributed by atoms with Gasteiger partial charge >= 0.3 is 0 Å². The lowest BCUT2D eigenvalue weighted by Crippen LogP contribution is -2.02. The maximum atomic E-state index is 9.08. The summed E-state index contributed by atoms with van der Waals surface area (Å²) in [6.07, 6.45) is 0.711. The van der Waals surface area contributed by atoms with Crippen molar-refractivity contribution in [3.63, 3.8) is 0 Å². The molecule has 0 saturated heterocycles. The van der Waals surface area contributed by atoms with Gasteiger partial charge in [-0.15, -0.1) is 0 Å². The van der Waals surface area contributed by atoms with Crippen LogP contribution in [0.25, 0.3) is 22.4 Å². The lowest BCUT2D eigenvalue weighted by molar-refractivity contribution is 0.281. The van der Waals surface area contributed by atoms with Crippen molar-refractivity contribution in [1.82, 2.24) is 9.55 Å². The van der Waals surface area contributed by atoms with Crippen molar-refractivity contribution in [2.24, 2.45) is 0 Å². The van der Waals surface area contributed by atoms with Crippen molar-refractivity contribution in [1.29, 1.82) is 0 Å². The minimum atomic E-state index is 0.174. The molecule has 1 heterocycles. The number of aliphatic hydroxyl groups excluding tert-OH is 1. The number of hydrogen-bond donors (Lipinski definition) is 2. The highest BCUT2D eigenvalue weighted by Crippen LogP contribution is 2.25. The first-order valence-electron chi connectivity index (χ1n) is 6.71. The van der Waals surface area contributed by atoms with E-state index in [2.05, 4.69) is 10.6 Å². The maximum absolute atomic E-state index is 9.08. The van der Waals surface area contributed by atoms with Crippen LogP contribution in [0.2, 0.25) is 0 Å². The average molecular weight is 267 g/mol. The van der Waals surface area contributed by atoms with Crippen LogP contribution >= 0.6 is 0 Å². The molecule has 20 heavy (non-hydrogen) atoms. The highest BCUT2D eigenvalue weighted by molar-refractivity contribution is 5.80. The summed E-state index contributed by atoms with van der Waals surface area (Å²) in [6.45, 7) is 0.921. The molecular weight excluding hydrogens is 250 g/mol. The van der Waals surface area contributed by atoms with Crippen molar-refractivity contribution < 1.29 is 5.11 Å². The fourth-order valence-corrected chi connectivity index (χ4v) is 2.38. The number of hydrogen-bond acceptors (Lipinski definition) is 3. The fourth-order valence-electron chi connectivity index (χ4n) is 2.38. The van der Waals surface area contributed by atoms with Gasteiger partial charge < -0.3 is 15.4 Å². The third-order valence-electron chi connectivity index (χ3n) is 3.36. The highest BCUT2D eigenvalue weighted by Gasteiger charge is 2.11. The van der Waals surface area contributed by atoms with Crippen molar-refractivity contribution >= 4 is 16.7 Å². The number of fused-ring (bicyclic) bond motifs is 1. The molecule has 0 aliphatic rings. The number of benzene rings is 2. The third kappa shape index (κ3) is 2.26. The summed E-state index contributed by atoms with van der Waals surface area (Å²) in [5.74, 6) is 0.916. The predicted octanol–water partition coefficient (Wildman–Crippen LogP) is 2.67. The minimum Gasteiger partial charge on any atom is -0.399 e. The van der Waals surface area contributed by atoms with Gasteiger partial charge in [-0.25, -0.2) is 4.98 Å². The van der Waals surface area contributed by atoms with E-state index in [0.29, 0.717) is 6.42 Å². The summed E-state index contributed by atoms with van der Waals surface area (Å²) in [7, 11) is 0. The van der Waals surface area contributed by atoms with Crippen molar-refractivity contribution in [2.75, 3.05) is 12.3 Å². The molecule has 0 unspecified atom stereocenters. The van der Waals surface area contributed by atoms with Crippen molar-refractivity contribution in [2.45, 2.75) is 13.0 Å². The third-order valence-corrected chi connectivity index (χ3v) is 3.36. The number of aromatic nitrogens is 2. The summed E-state index contributed by atoms with van der Waals surface area (Å²) < 4.78 is 2.15. The zero-order chi connectivity index (χ0) is 13.9. The summed E-state index contributed by atoms with van der Waals surface area (Å²) in [6, 6.07) is 15.8. The maximum Gasteiger partial charge on any atom is 0.141 e. The van der Waals surface area contributed by atoms with Crippen LogP contribution in [0, 0.1) is 0 Å². The molecular formula is C16H17N3O. The second-order valence-corrected chi connectivity index (χ2v) is 4.77. The van der Waals surface area contributed by atoms with Gasteiger partial charge in [0.25, 0.3) is 0 Å². The van der Waals surface area contributed by atoms with Crippen LogP contribution in [0.15, 0.2) is 48.5 Å². The van der Waals surface area contributed by atoms with Gasteiger partial charge in [-0.2, -0.15) is 0 Å². The molecule has 2 aromatic carbocycles. The molecule has 0 radical (unpaired) electrons. The van der Waals surface area contributed by atoms with Gasteiger partial charge in [0.15, 0.2) is 0 Å². The Kier molecular flexibility index (Phi) is 3.39. The molecule has 0 saturated carbocycles. The van der Waals surface area contributed by atoms with E-state index >= 15 is 0 Å². The van der Waals surface area contributed by atoms with E-state index in [9.17, 15) is 0 Å². The molecule has 0 atom stereocenters. The topological polar surface area (TPSA) is 64.1 Å². The van der Waals surface area contributed by atoms with Crippen LogP contribution in [0.5, 0.6) is 0 Å². The van der Waals surface area contributed by atoms with Gasteiger partial charge in [0, 0.05) is 24.4 Å². The van der Waals surface area contributed by atoms with E-state index in [1.807, 2.05) is 42.5 Å². The number of rotatable bonds is 4. The molecule has 1 aromatic heterocycles. The largest absolute Gasteiger partial charge is 0.399 e. The normalized spacial score (nSPS) is 11.1. The van der Waals surface area contributed by atoms with Crippen molar-refractivity contribution in [3.05, 3.63) is 48.5 Å². The standard InChI is InChI=1S/C16H17N3O/c17-13-8-6-12(7-9-13)16-18-14-4-1-2-5-15(14)19(16)10-3-11-20/h1-2,4-9,20H,3,10-11,17H2. The molecule has 0 amide bonds. The van der Waals surface area contributed by atoms with Crippen molar-refractivity contribution in [3.8, 4) is 11.4 Å². The minimum absolute atomic E-state index is 0.174. The number of aryl methyl sites for hydroxylation is 1. The molecule has 0 fully saturated rings. The number of anilines is 1. The molecule has 4 heteroatoms. The van der Waals surface area contributed by atoms with E-state index in [1.165, 1.54) is 0 Å². The SMILES string of the molecule is Nc1ccc(-c2nc3ccccc3n2CCCO)cc1. The zero-order valence-electron chi connectivity index (χ0n) is 11.2. The van der Waals surface area contributed by atoms with Crippen LogP contribution in [-0.2, 0) is 6.54 Å². The van der Waals surface area contributed by atoms with Crippen LogP contribution in [0.1, 0.15) is 6.42 Å². The Morgan fingerprint density at radius 1 is 1.05 bits per heavy atom. The highest BCUT2D eigenvalue weighted by atomic mass is 16.3. The molecule has 0 spiro atoms. The number of nitrogens with zero attached hydrogens (tertiary/aromatic N) is 2. The number of para-hydroxylation sites is 2. The molecule has 0 aliphatic carbocycles. The Morgan fingerprint density at radius 2 is 1.80 bits per heavy atom. The van der Waals surface area contributed by atoms with E-state index in [-0.39, 0.29) is 6.61 Å². The molecule has 3 N–H and O–H groups in total. The lowest BCUT2D eigenvalue weighted by Gasteiger charge is -2.08. The van der Waals surface area contributed by atoms with E-state index in [1.54, 1.807) is 0 Å². The van der Waals surface area contributed by atoms with E-state index in [4.69, 9.17) is 15.8 Å². The summed E-state index contributed by atoms with van der Waals surface area (Å²) in [5.41, 5.74) is 9.58. The summed E-state index contributed by atoms with van der Waals surface area (Å²) in [5, 5.41) is 9.08. The second-order valence-electron chi connectivity index (χ2n) is 4.77. The van der Waals surface area contributed by atoms with Crippen LogP contribution in [-0.4, -0.2) is 21.3 Å². The first-order valence-corrected chi connectivity index (χ1v) is 6.71. The number of nitrogens with two attached hydrogens (primary N) is 1. The number of nitrogen functional groups attached to an aromatic ring is 1. The quantitative estimate of drug-likeness (QED) is 0.714. The average Bonchev–Trinajstić information content (AvgIpc) is 2.84. The van der Waals surface area contributed by atoms with Gasteiger partial charge in [-0.1, -0.05) is 12.1 Å². The van der Waals surface area contributed by atoms with Gasteiger partial charge in [0.05, 0.1) is 11.0 Å². The Labute approximate surface area is 117 Å². The molecule has 0 aliphatic heterocycles. The molecule has 0 bridgehead atoms.